The SMILES string of the molecule is COc1ccccc1/C(N)=C(/CCc1ccccc1)C(=O)O. The lowest BCUT2D eigenvalue weighted by molar-refractivity contribution is -0.132. The van der Waals surface area contributed by atoms with Crippen molar-refractivity contribution in [2.75, 3.05) is 7.11 Å². The number of aliphatic carboxylic acids is 1. The Morgan fingerprint density at radius 2 is 1.73 bits per heavy atom. The van der Waals surface area contributed by atoms with E-state index in [1.54, 1.807) is 18.2 Å². The van der Waals surface area contributed by atoms with Gasteiger partial charge in [0.1, 0.15) is 5.75 Å². The van der Waals surface area contributed by atoms with E-state index in [0.29, 0.717) is 24.2 Å². The average Bonchev–Trinajstić information content (AvgIpc) is 2.55. The molecule has 0 amide bonds. The van der Waals surface area contributed by atoms with E-state index in [4.69, 9.17) is 10.5 Å². The minimum atomic E-state index is -1.00. The molecule has 0 saturated heterocycles. The second-order valence-corrected chi connectivity index (χ2v) is 4.88. The number of aryl methyl sites for hydroxylation is 1. The highest BCUT2D eigenvalue weighted by Crippen LogP contribution is 2.26. The van der Waals surface area contributed by atoms with E-state index in [1.165, 1.54) is 7.11 Å². The summed E-state index contributed by atoms with van der Waals surface area (Å²) < 4.78 is 5.25. The zero-order valence-electron chi connectivity index (χ0n) is 12.5. The van der Waals surface area contributed by atoms with Crippen molar-refractivity contribution in [3.63, 3.8) is 0 Å². The lowest BCUT2D eigenvalue weighted by Crippen LogP contribution is -2.11. The normalized spacial score (nSPS) is 11.7. The number of para-hydroxylation sites is 1. The zero-order chi connectivity index (χ0) is 15.9. The van der Waals surface area contributed by atoms with Crippen molar-refractivity contribution < 1.29 is 14.6 Å². The van der Waals surface area contributed by atoms with Gasteiger partial charge in [0.25, 0.3) is 0 Å². The number of methoxy groups -OCH3 is 1. The molecule has 0 aromatic heterocycles. The van der Waals surface area contributed by atoms with E-state index >= 15 is 0 Å². The van der Waals surface area contributed by atoms with Crippen LogP contribution in [0.25, 0.3) is 5.70 Å². The van der Waals surface area contributed by atoms with Crippen LogP contribution < -0.4 is 10.5 Å². The first kappa shape index (κ1) is 15.6. The molecule has 0 radical (unpaired) electrons. The molecule has 0 aliphatic rings. The van der Waals surface area contributed by atoms with Gasteiger partial charge in [-0.15, -0.1) is 0 Å². The molecular formula is C18H19NO3. The van der Waals surface area contributed by atoms with Gasteiger partial charge in [-0.2, -0.15) is 0 Å². The summed E-state index contributed by atoms with van der Waals surface area (Å²) in [5, 5.41) is 9.47. The minimum absolute atomic E-state index is 0.202. The van der Waals surface area contributed by atoms with Crippen LogP contribution in [0, 0.1) is 0 Å². The van der Waals surface area contributed by atoms with Gasteiger partial charge in [-0.25, -0.2) is 4.79 Å². The maximum absolute atomic E-state index is 11.6. The Morgan fingerprint density at radius 1 is 1.09 bits per heavy atom. The Kier molecular flexibility index (Phi) is 5.20. The van der Waals surface area contributed by atoms with Crippen LogP contribution in [0.2, 0.25) is 0 Å². The fourth-order valence-corrected chi connectivity index (χ4v) is 2.30. The fourth-order valence-electron chi connectivity index (χ4n) is 2.30. The van der Waals surface area contributed by atoms with Gasteiger partial charge >= 0.3 is 5.97 Å². The molecular weight excluding hydrogens is 278 g/mol. The van der Waals surface area contributed by atoms with Crippen molar-refractivity contribution in [1.82, 2.24) is 0 Å². The number of hydrogen-bond acceptors (Lipinski definition) is 3. The molecule has 2 aromatic carbocycles. The number of ether oxygens (including phenoxy) is 1. The molecule has 2 rings (SSSR count). The molecule has 2 aromatic rings. The Morgan fingerprint density at radius 3 is 2.36 bits per heavy atom. The van der Waals surface area contributed by atoms with Gasteiger partial charge in [-0.05, 0) is 30.5 Å². The smallest absolute Gasteiger partial charge is 0.333 e. The number of carboxylic acids is 1. The molecule has 22 heavy (non-hydrogen) atoms. The minimum Gasteiger partial charge on any atom is -0.496 e. The summed E-state index contributed by atoms with van der Waals surface area (Å²) in [4.78, 5) is 11.6. The molecule has 0 unspecified atom stereocenters. The Labute approximate surface area is 129 Å². The molecule has 3 N–H and O–H groups in total. The van der Waals surface area contributed by atoms with Crippen molar-refractivity contribution in [3.05, 3.63) is 71.3 Å². The monoisotopic (exact) mass is 297 g/mol. The maximum atomic E-state index is 11.6. The summed E-state index contributed by atoms with van der Waals surface area (Å²) in [6, 6.07) is 16.9. The van der Waals surface area contributed by atoms with Crippen molar-refractivity contribution in [2.24, 2.45) is 5.73 Å². The highest BCUT2D eigenvalue weighted by molar-refractivity contribution is 5.96. The van der Waals surface area contributed by atoms with Crippen molar-refractivity contribution in [2.45, 2.75) is 12.8 Å². The van der Waals surface area contributed by atoms with Gasteiger partial charge in [0, 0.05) is 5.56 Å². The van der Waals surface area contributed by atoms with Crippen LogP contribution in [0.4, 0.5) is 0 Å². The predicted octanol–water partition coefficient (Wildman–Crippen LogP) is 3.08. The van der Waals surface area contributed by atoms with Crippen molar-refractivity contribution >= 4 is 11.7 Å². The Hall–Kier alpha value is -2.75. The number of rotatable bonds is 6. The standard InChI is InChI=1S/C18H19NO3/c1-22-16-10-6-5-9-14(16)17(19)15(18(20)21)12-11-13-7-3-2-4-8-13/h2-10H,11-12,19H2,1H3,(H,20,21)/b17-15+. The predicted molar refractivity (Wildman–Crippen MR) is 86.5 cm³/mol. The Bertz CT molecular complexity index is 678. The van der Waals surface area contributed by atoms with Crippen LogP contribution in [0.3, 0.4) is 0 Å². The van der Waals surface area contributed by atoms with E-state index in [0.717, 1.165) is 5.56 Å². The summed E-state index contributed by atoms with van der Waals surface area (Å²) in [5.74, 6) is -0.433. The summed E-state index contributed by atoms with van der Waals surface area (Å²) in [6.07, 6.45) is 0.988. The van der Waals surface area contributed by atoms with Gasteiger partial charge in [0.2, 0.25) is 0 Å². The van der Waals surface area contributed by atoms with Crippen molar-refractivity contribution in [1.29, 1.82) is 0 Å². The lowest BCUT2D eigenvalue weighted by atomic mass is 9.99. The summed E-state index contributed by atoms with van der Waals surface area (Å²) in [6.45, 7) is 0. The first-order valence-corrected chi connectivity index (χ1v) is 7.02. The maximum Gasteiger partial charge on any atom is 0.333 e. The molecule has 0 bridgehead atoms. The summed E-state index contributed by atoms with van der Waals surface area (Å²) in [7, 11) is 1.54. The molecule has 114 valence electrons. The number of benzene rings is 2. The van der Waals surface area contributed by atoms with Crippen LogP contribution in [0.1, 0.15) is 17.5 Å². The Balaban J connectivity index is 2.31. The zero-order valence-corrected chi connectivity index (χ0v) is 12.5. The molecule has 0 fully saturated rings. The lowest BCUT2D eigenvalue weighted by Gasteiger charge is -2.12. The topological polar surface area (TPSA) is 72.5 Å². The van der Waals surface area contributed by atoms with E-state index < -0.39 is 5.97 Å². The quantitative estimate of drug-likeness (QED) is 0.804. The van der Waals surface area contributed by atoms with Gasteiger partial charge in [0.15, 0.2) is 0 Å². The highest BCUT2D eigenvalue weighted by atomic mass is 16.5. The van der Waals surface area contributed by atoms with E-state index in [1.807, 2.05) is 36.4 Å². The molecule has 0 spiro atoms. The van der Waals surface area contributed by atoms with E-state index in [9.17, 15) is 9.90 Å². The fraction of sp³-hybridized carbons (Fsp3) is 0.167. The molecule has 4 heteroatoms. The van der Waals surface area contributed by atoms with Crippen molar-refractivity contribution in [3.8, 4) is 5.75 Å². The highest BCUT2D eigenvalue weighted by Gasteiger charge is 2.16. The molecule has 4 nitrogen and oxygen atoms in total. The summed E-state index contributed by atoms with van der Waals surface area (Å²) >= 11 is 0. The third kappa shape index (κ3) is 3.67. The van der Waals surface area contributed by atoms with Crippen LogP contribution in [-0.2, 0) is 11.2 Å². The molecule has 0 saturated carbocycles. The van der Waals surface area contributed by atoms with E-state index in [2.05, 4.69) is 0 Å². The second-order valence-electron chi connectivity index (χ2n) is 4.88. The van der Waals surface area contributed by atoms with Gasteiger partial charge in [-0.3, -0.25) is 0 Å². The third-order valence-electron chi connectivity index (χ3n) is 3.49. The molecule has 0 heterocycles. The van der Waals surface area contributed by atoms with Crippen LogP contribution >= 0.6 is 0 Å². The number of carbonyl (C=O) groups is 1. The van der Waals surface area contributed by atoms with Crippen LogP contribution in [0.5, 0.6) is 5.75 Å². The number of hydrogen-bond donors (Lipinski definition) is 2. The van der Waals surface area contributed by atoms with Gasteiger partial charge in [-0.1, -0.05) is 42.5 Å². The van der Waals surface area contributed by atoms with Crippen LogP contribution in [-0.4, -0.2) is 18.2 Å². The first-order valence-electron chi connectivity index (χ1n) is 7.02. The molecule has 0 atom stereocenters. The average molecular weight is 297 g/mol. The second kappa shape index (κ2) is 7.31. The number of carboxylic acid groups (broad SMARTS) is 1. The third-order valence-corrected chi connectivity index (χ3v) is 3.49. The number of nitrogens with two attached hydrogens (primary N) is 1. The van der Waals surface area contributed by atoms with Gasteiger partial charge in [0.05, 0.1) is 18.4 Å². The summed E-state index contributed by atoms with van der Waals surface area (Å²) in [5.41, 5.74) is 8.24. The van der Waals surface area contributed by atoms with Crippen LogP contribution in [0.15, 0.2) is 60.2 Å². The largest absolute Gasteiger partial charge is 0.496 e. The first-order chi connectivity index (χ1) is 10.6. The molecule has 0 aliphatic heterocycles. The van der Waals surface area contributed by atoms with E-state index in [-0.39, 0.29) is 11.3 Å². The molecule has 0 aliphatic carbocycles. The van der Waals surface area contributed by atoms with Gasteiger partial charge < -0.3 is 15.6 Å².